The van der Waals surface area contributed by atoms with E-state index in [1.807, 2.05) is 0 Å². The van der Waals surface area contributed by atoms with Crippen LogP contribution >= 0.6 is 24.0 Å². The fourth-order valence-corrected chi connectivity index (χ4v) is 2.88. The Balaban J connectivity index is 0.00000242. The van der Waals surface area contributed by atoms with Gasteiger partial charge in [-0.2, -0.15) is 0 Å². The third kappa shape index (κ3) is 7.28. The van der Waals surface area contributed by atoms with Crippen LogP contribution in [0.25, 0.3) is 0 Å². The number of aliphatic hydroxyl groups is 1. The summed E-state index contributed by atoms with van der Waals surface area (Å²) in [5.41, 5.74) is 0. The molecule has 0 spiro atoms. The fourth-order valence-electron chi connectivity index (χ4n) is 2.88. The first kappa shape index (κ1) is 19.7. The van der Waals surface area contributed by atoms with Gasteiger partial charge in [-0.05, 0) is 45.6 Å². The summed E-state index contributed by atoms with van der Waals surface area (Å²) in [5, 5.41) is 16.3. The van der Waals surface area contributed by atoms with Crippen molar-refractivity contribution in [3.05, 3.63) is 12.2 Å². The zero-order valence-corrected chi connectivity index (χ0v) is 16.0. The summed E-state index contributed by atoms with van der Waals surface area (Å²) in [4.78, 5) is 7.10. The highest BCUT2D eigenvalue weighted by Crippen LogP contribution is 2.10. The van der Waals surface area contributed by atoms with Gasteiger partial charge in [-0.25, -0.2) is 0 Å². The molecule has 0 atom stereocenters. The predicted octanol–water partition coefficient (Wildman–Crippen LogP) is 1.72. The van der Waals surface area contributed by atoms with Gasteiger partial charge in [0.15, 0.2) is 5.96 Å². The summed E-state index contributed by atoms with van der Waals surface area (Å²) >= 11 is 0. The number of hydrogen-bond donors (Lipinski definition) is 3. The van der Waals surface area contributed by atoms with Gasteiger partial charge >= 0.3 is 0 Å². The molecule has 0 amide bonds. The van der Waals surface area contributed by atoms with E-state index in [2.05, 4.69) is 39.6 Å². The van der Waals surface area contributed by atoms with Crippen LogP contribution in [0.4, 0.5) is 0 Å². The number of piperidine rings is 1. The Hall–Kier alpha value is -0.340. The van der Waals surface area contributed by atoms with Gasteiger partial charge < -0.3 is 20.6 Å². The molecule has 2 aliphatic rings. The number of halogens is 1. The molecular formula is C16H31IN4O. The first-order valence-electron chi connectivity index (χ1n) is 8.38. The summed E-state index contributed by atoms with van der Waals surface area (Å²) < 4.78 is 0. The van der Waals surface area contributed by atoms with E-state index in [4.69, 9.17) is 0 Å². The van der Waals surface area contributed by atoms with Gasteiger partial charge in [0.05, 0.1) is 6.10 Å². The highest BCUT2D eigenvalue weighted by atomic mass is 127. The first-order chi connectivity index (χ1) is 10.3. The van der Waals surface area contributed by atoms with Crippen molar-refractivity contribution in [3.8, 4) is 0 Å². The van der Waals surface area contributed by atoms with Crippen molar-refractivity contribution in [2.45, 2.75) is 51.2 Å². The number of likely N-dealkylation sites (tertiary alicyclic amines) is 1. The van der Waals surface area contributed by atoms with Crippen LogP contribution in [-0.2, 0) is 0 Å². The molecule has 1 heterocycles. The maximum Gasteiger partial charge on any atom is 0.191 e. The zero-order valence-electron chi connectivity index (χ0n) is 13.6. The second kappa shape index (κ2) is 11.2. The molecule has 0 bridgehead atoms. The Bertz CT molecular complexity index is 346. The van der Waals surface area contributed by atoms with E-state index in [1.165, 1.54) is 0 Å². The van der Waals surface area contributed by atoms with Crippen LogP contribution in [0.2, 0.25) is 0 Å². The van der Waals surface area contributed by atoms with Crippen LogP contribution in [0.1, 0.15) is 39.0 Å². The molecule has 1 saturated heterocycles. The van der Waals surface area contributed by atoms with Gasteiger partial charge in [-0.15, -0.1) is 24.0 Å². The van der Waals surface area contributed by atoms with Gasteiger partial charge in [0.1, 0.15) is 0 Å². The number of aliphatic imine (C=N–C) groups is 1. The monoisotopic (exact) mass is 422 g/mol. The second-order valence-corrected chi connectivity index (χ2v) is 5.97. The molecule has 1 fully saturated rings. The van der Waals surface area contributed by atoms with Crippen LogP contribution in [0.5, 0.6) is 0 Å². The molecule has 0 radical (unpaired) electrons. The number of nitrogens with zero attached hydrogens (tertiary/aromatic N) is 2. The van der Waals surface area contributed by atoms with Crippen molar-refractivity contribution in [1.29, 1.82) is 0 Å². The summed E-state index contributed by atoms with van der Waals surface area (Å²) in [6, 6.07) is 0.506. The van der Waals surface area contributed by atoms with Crippen LogP contribution < -0.4 is 10.6 Å². The molecule has 0 saturated carbocycles. The molecule has 2 rings (SSSR count). The molecule has 0 aromatic rings. The van der Waals surface area contributed by atoms with Gasteiger partial charge in [-0.3, -0.25) is 4.99 Å². The lowest BCUT2D eigenvalue weighted by Crippen LogP contribution is -2.42. The summed E-state index contributed by atoms with van der Waals surface area (Å²) in [6.45, 7) is 6.99. The molecule has 0 aromatic heterocycles. The largest absolute Gasteiger partial charge is 0.393 e. The molecule has 0 unspecified atom stereocenters. The number of rotatable bonds is 6. The maximum absolute atomic E-state index is 9.50. The summed E-state index contributed by atoms with van der Waals surface area (Å²) in [5.74, 6) is 0.945. The SMILES string of the molecule is CCNC(=NCCCN1CCC(O)CC1)NC1CC=CC1.I. The van der Waals surface area contributed by atoms with E-state index in [-0.39, 0.29) is 30.1 Å². The molecular weight excluding hydrogens is 391 g/mol. The smallest absolute Gasteiger partial charge is 0.191 e. The Kier molecular flexibility index (Phi) is 10.1. The van der Waals surface area contributed by atoms with E-state index in [9.17, 15) is 5.11 Å². The molecule has 3 N–H and O–H groups in total. The van der Waals surface area contributed by atoms with E-state index in [0.29, 0.717) is 6.04 Å². The van der Waals surface area contributed by atoms with E-state index in [0.717, 1.165) is 70.8 Å². The quantitative estimate of drug-likeness (QED) is 0.201. The van der Waals surface area contributed by atoms with E-state index in [1.54, 1.807) is 0 Å². The van der Waals surface area contributed by atoms with Crippen molar-refractivity contribution < 1.29 is 5.11 Å². The number of aliphatic hydroxyl groups excluding tert-OH is 1. The molecule has 128 valence electrons. The van der Waals surface area contributed by atoms with Crippen LogP contribution in [0.3, 0.4) is 0 Å². The maximum atomic E-state index is 9.50. The van der Waals surface area contributed by atoms with Crippen molar-refractivity contribution >= 4 is 29.9 Å². The minimum absolute atomic E-state index is 0. The lowest BCUT2D eigenvalue weighted by atomic mass is 10.1. The molecule has 1 aliphatic carbocycles. The van der Waals surface area contributed by atoms with Gasteiger partial charge in [0, 0.05) is 32.2 Å². The van der Waals surface area contributed by atoms with Crippen molar-refractivity contribution in [2.75, 3.05) is 32.7 Å². The summed E-state index contributed by atoms with van der Waals surface area (Å²) in [7, 11) is 0. The molecule has 1 aliphatic heterocycles. The van der Waals surface area contributed by atoms with Crippen molar-refractivity contribution in [3.63, 3.8) is 0 Å². The Morgan fingerprint density at radius 1 is 1.27 bits per heavy atom. The van der Waals surface area contributed by atoms with Crippen LogP contribution in [0, 0.1) is 0 Å². The average molecular weight is 422 g/mol. The van der Waals surface area contributed by atoms with Gasteiger partial charge in [0.2, 0.25) is 0 Å². The lowest BCUT2D eigenvalue weighted by molar-refractivity contribution is 0.0824. The summed E-state index contributed by atoms with van der Waals surface area (Å²) in [6.07, 6.45) is 9.49. The molecule has 22 heavy (non-hydrogen) atoms. The Morgan fingerprint density at radius 3 is 2.59 bits per heavy atom. The van der Waals surface area contributed by atoms with Crippen LogP contribution in [-0.4, -0.2) is 60.8 Å². The lowest BCUT2D eigenvalue weighted by Gasteiger charge is -2.29. The van der Waals surface area contributed by atoms with Crippen LogP contribution in [0.15, 0.2) is 17.1 Å². The predicted molar refractivity (Wildman–Crippen MR) is 103 cm³/mol. The van der Waals surface area contributed by atoms with Crippen molar-refractivity contribution in [1.82, 2.24) is 15.5 Å². The Morgan fingerprint density at radius 2 is 1.95 bits per heavy atom. The second-order valence-electron chi connectivity index (χ2n) is 5.97. The minimum Gasteiger partial charge on any atom is -0.393 e. The number of guanidine groups is 1. The standard InChI is InChI=1S/C16H30N4O.HI/c1-2-17-16(19-14-6-3-4-7-14)18-10-5-11-20-12-8-15(21)9-13-20;/h3-4,14-15,21H,2,5-13H2,1H3,(H2,17,18,19);1H. The number of nitrogens with one attached hydrogen (secondary N) is 2. The first-order valence-corrected chi connectivity index (χ1v) is 8.38. The van der Waals surface area contributed by atoms with Gasteiger partial charge in [-0.1, -0.05) is 12.2 Å². The number of hydrogen-bond acceptors (Lipinski definition) is 3. The fraction of sp³-hybridized carbons (Fsp3) is 0.812. The normalized spacial score (nSPS) is 20.9. The molecule has 6 heteroatoms. The topological polar surface area (TPSA) is 59.9 Å². The third-order valence-electron chi connectivity index (χ3n) is 4.15. The zero-order chi connectivity index (χ0) is 14.9. The van der Waals surface area contributed by atoms with E-state index < -0.39 is 0 Å². The van der Waals surface area contributed by atoms with Gasteiger partial charge in [0.25, 0.3) is 0 Å². The third-order valence-corrected chi connectivity index (χ3v) is 4.15. The highest BCUT2D eigenvalue weighted by molar-refractivity contribution is 14.0. The minimum atomic E-state index is -0.0798. The average Bonchev–Trinajstić information content (AvgIpc) is 2.98. The highest BCUT2D eigenvalue weighted by Gasteiger charge is 2.16. The molecule has 0 aromatic carbocycles. The Labute approximate surface area is 151 Å². The van der Waals surface area contributed by atoms with Crippen molar-refractivity contribution in [2.24, 2.45) is 4.99 Å². The molecule has 5 nitrogen and oxygen atoms in total. The van der Waals surface area contributed by atoms with E-state index >= 15 is 0 Å².